The van der Waals surface area contributed by atoms with Crippen LogP contribution in [0, 0.1) is 11.3 Å². The first-order valence-corrected chi connectivity index (χ1v) is 5.02. The van der Waals surface area contributed by atoms with Gasteiger partial charge in [0, 0.05) is 19.5 Å². The molecule has 0 bridgehead atoms. The van der Waals surface area contributed by atoms with Crippen molar-refractivity contribution in [3.63, 3.8) is 0 Å². The summed E-state index contributed by atoms with van der Waals surface area (Å²) < 4.78 is 0. The van der Waals surface area contributed by atoms with Gasteiger partial charge in [-0.3, -0.25) is 0 Å². The Morgan fingerprint density at radius 3 is 2.86 bits per heavy atom. The van der Waals surface area contributed by atoms with E-state index in [1.54, 1.807) is 6.07 Å². The number of hydrogen-bond acceptors (Lipinski definition) is 2. The third-order valence-corrected chi connectivity index (χ3v) is 2.62. The molecule has 0 amide bonds. The van der Waals surface area contributed by atoms with Crippen LogP contribution in [0.5, 0.6) is 0 Å². The quantitative estimate of drug-likeness (QED) is 0.805. The Morgan fingerprint density at radius 2 is 2.14 bits per heavy atom. The molecular weight excluding hydrogens is 219 g/mol. The van der Waals surface area contributed by atoms with E-state index in [0.717, 1.165) is 5.56 Å². The summed E-state index contributed by atoms with van der Waals surface area (Å²) in [5.74, 6) is 0. The van der Waals surface area contributed by atoms with E-state index in [9.17, 15) is 0 Å². The molecule has 0 spiro atoms. The number of hydrogen-bond donors (Lipinski definition) is 1. The number of benzene rings is 1. The number of nitrogens with zero attached hydrogens (tertiary/aromatic N) is 1. The second-order valence-corrected chi connectivity index (χ2v) is 3.58. The van der Waals surface area contributed by atoms with Crippen LogP contribution in [0.4, 0.5) is 0 Å². The van der Waals surface area contributed by atoms with Crippen molar-refractivity contribution in [2.75, 3.05) is 6.54 Å². The van der Waals surface area contributed by atoms with Gasteiger partial charge in [0.25, 0.3) is 0 Å². The predicted molar refractivity (Wildman–Crippen MR) is 58.4 cm³/mol. The number of halogens is 2. The highest BCUT2D eigenvalue weighted by Gasteiger charge is 2.02. The summed E-state index contributed by atoms with van der Waals surface area (Å²) in [6.07, 6.45) is 0.498. The molecule has 1 rings (SSSR count). The molecule has 0 saturated carbocycles. The van der Waals surface area contributed by atoms with Gasteiger partial charge in [0.15, 0.2) is 0 Å². The first kappa shape index (κ1) is 11.3. The molecular formula is C10H10Cl2N2. The van der Waals surface area contributed by atoms with E-state index < -0.39 is 0 Å². The van der Waals surface area contributed by atoms with Crippen LogP contribution in [0.2, 0.25) is 10.0 Å². The fraction of sp³-hybridized carbons (Fsp3) is 0.300. The van der Waals surface area contributed by atoms with Gasteiger partial charge in [0.1, 0.15) is 0 Å². The molecule has 4 heteroatoms. The molecule has 0 aromatic heterocycles. The van der Waals surface area contributed by atoms with Gasteiger partial charge < -0.3 is 5.32 Å². The highest BCUT2D eigenvalue weighted by atomic mass is 35.5. The minimum absolute atomic E-state index is 0.498. The maximum absolute atomic E-state index is 8.32. The molecule has 0 saturated heterocycles. The normalized spacial score (nSPS) is 9.79. The Bertz CT molecular complexity index is 344. The summed E-state index contributed by atoms with van der Waals surface area (Å²) in [5, 5.41) is 12.6. The minimum atomic E-state index is 0.498. The summed E-state index contributed by atoms with van der Waals surface area (Å²) in [7, 11) is 0. The van der Waals surface area contributed by atoms with E-state index in [4.69, 9.17) is 28.5 Å². The van der Waals surface area contributed by atoms with Gasteiger partial charge in [-0.25, -0.2) is 0 Å². The third kappa shape index (κ3) is 3.19. The average Bonchev–Trinajstić information content (AvgIpc) is 2.19. The lowest BCUT2D eigenvalue weighted by atomic mass is 10.2. The van der Waals surface area contributed by atoms with Crippen LogP contribution in [0.3, 0.4) is 0 Å². The van der Waals surface area contributed by atoms with Crippen molar-refractivity contribution in [3.8, 4) is 6.07 Å². The fourth-order valence-corrected chi connectivity index (χ4v) is 1.44. The largest absolute Gasteiger partial charge is 0.312 e. The van der Waals surface area contributed by atoms with E-state index in [0.29, 0.717) is 29.6 Å². The molecule has 1 aromatic carbocycles. The summed E-state index contributed by atoms with van der Waals surface area (Å²) >= 11 is 11.8. The molecule has 1 N–H and O–H groups in total. The maximum atomic E-state index is 8.32. The molecule has 0 radical (unpaired) electrons. The zero-order valence-corrected chi connectivity index (χ0v) is 9.07. The second-order valence-electron chi connectivity index (χ2n) is 2.80. The average molecular weight is 229 g/mol. The lowest BCUT2D eigenvalue weighted by Crippen LogP contribution is -2.14. The van der Waals surface area contributed by atoms with Crippen LogP contribution in [-0.4, -0.2) is 6.54 Å². The fourth-order valence-electron chi connectivity index (χ4n) is 1.05. The highest BCUT2D eigenvalue weighted by molar-refractivity contribution is 6.42. The van der Waals surface area contributed by atoms with Crippen molar-refractivity contribution in [2.24, 2.45) is 0 Å². The molecule has 14 heavy (non-hydrogen) atoms. The summed E-state index contributed by atoms with van der Waals surface area (Å²) in [5.41, 5.74) is 0.956. The van der Waals surface area contributed by atoms with Crippen molar-refractivity contribution >= 4 is 23.2 Å². The predicted octanol–water partition coefficient (Wildman–Crippen LogP) is 3.00. The first-order chi connectivity index (χ1) is 6.75. The van der Waals surface area contributed by atoms with Gasteiger partial charge in [-0.05, 0) is 11.6 Å². The van der Waals surface area contributed by atoms with Gasteiger partial charge in [0.2, 0.25) is 0 Å². The van der Waals surface area contributed by atoms with Crippen LogP contribution in [0.1, 0.15) is 12.0 Å². The SMILES string of the molecule is N#CCCNCc1cccc(Cl)c1Cl. The number of nitriles is 1. The lowest BCUT2D eigenvalue weighted by Gasteiger charge is -2.05. The van der Waals surface area contributed by atoms with Crippen molar-refractivity contribution in [1.29, 1.82) is 5.26 Å². The summed E-state index contributed by atoms with van der Waals surface area (Å²) in [4.78, 5) is 0. The van der Waals surface area contributed by atoms with Crippen LogP contribution in [0.15, 0.2) is 18.2 Å². The molecule has 74 valence electrons. The van der Waals surface area contributed by atoms with Gasteiger partial charge in [-0.1, -0.05) is 35.3 Å². The van der Waals surface area contributed by atoms with Crippen molar-refractivity contribution < 1.29 is 0 Å². The van der Waals surface area contributed by atoms with Crippen molar-refractivity contribution in [2.45, 2.75) is 13.0 Å². The summed E-state index contributed by atoms with van der Waals surface area (Å²) in [6.45, 7) is 1.31. The number of rotatable bonds is 4. The van der Waals surface area contributed by atoms with E-state index >= 15 is 0 Å². The minimum Gasteiger partial charge on any atom is -0.312 e. The maximum Gasteiger partial charge on any atom is 0.0637 e. The highest BCUT2D eigenvalue weighted by Crippen LogP contribution is 2.25. The Balaban J connectivity index is 2.51. The van der Waals surface area contributed by atoms with E-state index in [1.165, 1.54) is 0 Å². The molecule has 0 atom stereocenters. The summed E-state index contributed by atoms with van der Waals surface area (Å²) in [6, 6.07) is 7.58. The zero-order chi connectivity index (χ0) is 10.4. The molecule has 0 fully saturated rings. The topological polar surface area (TPSA) is 35.8 Å². The Kier molecular flexibility index (Phi) is 4.75. The molecule has 0 aliphatic heterocycles. The van der Waals surface area contributed by atoms with Crippen molar-refractivity contribution in [1.82, 2.24) is 5.32 Å². The van der Waals surface area contributed by atoms with Crippen LogP contribution in [-0.2, 0) is 6.54 Å². The van der Waals surface area contributed by atoms with Gasteiger partial charge >= 0.3 is 0 Å². The van der Waals surface area contributed by atoms with E-state index in [-0.39, 0.29) is 0 Å². The second kappa shape index (κ2) is 5.87. The van der Waals surface area contributed by atoms with Crippen LogP contribution >= 0.6 is 23.2 Å². The first-order valence-electron chi connectivity index (χ1n) is 4.26. The molecule has 0 aliphatic carbocycles. The standard InChI is InChI=1S/C10H10Cl2N2/c11-9-4-1-3-8(10(9)12)7-14-6-2-5-13/h1,3-4,14H,2,6-7H2. The number of nitrogens with one attached hydrogen (secondary N) is 1. The van der Waals surface area contributed by atoms with Crippen LogP contribution in [0.25, 0.3) is 0 Å². The van der Waals surface area contributed by atoms with Gasteiger partial charge in [-0.2, -0.15) is 5.26 Å². The Labute approximate surface area is 93.4 Å². The van der Waals surface area contributed by atoms with Crippen molar-refractivity contribution in [3.05, 3.63) is 33.8 Å². The smallest absolute Gasteiger partial charge is 0.0637 e. The van der Waals surface area contributed by atoms with Crippen LogP contribution < -0.4 is 5.32 Å². The van der Waals surface area contributed by atoms with E-state index in [1.807, 2.05) is 12.1 Å². The monoisotopic (exact) mass is 228 g/mol. The Morgan fingerprint density at radius 1 is 1.36 bits per heavy atom. The molecule has 0 unspecified atom stereocenters. The third-order valence-electron chi connectivity index (χ3n) is 1.76. The lowest BCUT2D eigenvalue weighted by molar-refractivity contribution is 0.699. The molecule has 0 heterocycles. The Hall–Kier alpha value is -0.750. The zero-order valence-electron chi connectivity index (χ0n) is 7.56. The molecule has 0 aliphatic rings. The molecule has 1 aromatic rings. The van der Waals surface area contributed by atoms with Gasteiger partial charge in [0.05, 0.1) is 16.1 Å². The van der Waals surface area contributed by atoms with E-state index in [2.05, 4.69) is 11.4 Å². The van der Waals surface area contributed by atoms with Gasteiger partial charge in [-0.15, -0.1) is 0 Å². The molecule has 2 nitrogen and oxygen atoms in total.